The molecule has 2 rings (SSSR count). The largest absolute Gasteiger partial charge is 0.388 e. The summed E-state index contributed by atoms with van der Waals surface area (Å²) in [4.78, 5) is 14.3. The van der Waals surface area contributed by atoms with Crippen LogP contribution in [0.15, 0.2) is 24.3 Å². The normalized spacial score (nSPS) is 19.8. The van der Waals surface area contributed by atoms with E-state index in [1.165, 1.54) is 5.56 Å². The number of benzene rings is 1. The third-order valence-corrected chi connectivity index (χ3v) is 4.70. The summed E-state index contributed by atoms with van der Waals surface area (Å²) in [6.07, 6.45) is 2.02. The number of hydrogen-bond acceptors (Lipinski definition) is 3. The van der Waals surface area contributed by atoms with Crippen molar-refractivity contribution in [3.63, 3.8) is 0 Å². The molecule has 0 saturated carbocycles. The molecule has 1 aromatic rings. The van der Waals surface area contributed by atoms with Crippen LogP contribution in [0.4, 0.5) is 0 Å². The van der Waals surface area contributed by atoms with Crippen LogP contribution in [0.1, 0.15) is 50.3 Å². The van der Waals surface area contributed by atoms with Gasteiger partial charge in [0.25, 0.3) is 0 Å². The fourth-order valence-electron chi connectivity index (χ4n) is 3.16. The molecule has 0 fully saturated rings. The van der Waals surface area contributed by atoms with Gasteiger partial charge in [-0.3, -0.25) is 9.69 Å². The Morgan fingerprint density at radius 3 is 2.74 bits per heavy atom. The van der Waals surface area contributed by atoms with Gasteiger partial charge < -0.3 is 5.11 Å². The highest BCUT2D eigenvalue weighted by Crippen LogP contribution is 2.36. The van der Waals surface area contributed by atoms with Crippen molar-refractivity contribution in [2.75, 3.05) is 19.6 Å². The number of carbonyl (C=O) groups excluding carboxylic acids is 1. The molecular formula is C20H27NO2. The van der Waals surface area contributed by atoms with Gasteiger partial charge in [0.2, 0.25) is 0 Å². The number of rotatable bonds is 6. The van der Waals surface area contributed by atoms with Crippen LogP contribution >= 0.6 is 0 Å². The van der Waals surface area contributed by atoms with E-state index in [1.807, 2.05) is 18.2 Å². The van der Waals surface area contributed by atoms with E-state index < -0.39 is 6.10 Å². The van der Waals surface area contributed by atoms with Gasteiger partial charge in [0.15, 0.2) is 0 Å². The summed E-state index contributed by atoms with van der Waals surface area (Å²) in [6, 6.07) is 7.99. The number of fused-ring (bicyclic) bond motifs is 1. The standard InChI is InChI=1S/C20H27NO2/c1-3-21(4-2)14-8-7-10-18(22)15-17-13-12-16-9-5-6-11-19(16)20(17)23/h5-6,9,11,17,20,23H,3-4,10,12-15H2,1-2H3. The minimum atomic E-state index is -0.521. The molecule has 0 saturated heterocycles. The van der Waals surface area contributed by atoms with Crippen LogP contribution in [0.25, 0.3) is 0 Å². The van der Waals surface area contributed by atoms with Gasteiger partial charge in [0.05, 0.1) is 19.1 Å². The molecule has 0 amide bonds. The lowest BCUT2D eigenvalue weighted by Crippen LogP contribution is -2.23. The third kappa shape index (κ3) is 4.92. The van der Waals surface area contributed by atoms with E-state index in [0.29, 0.717) is 12.8 Å². The maximum atomic E-state index is 12.1. The van der Waals surface area contributed by atoms with Gasteiger partial charge in [-0.25, -0.2) is 0 Å². The molecule has 0 aliphatic heterocycles. The van der Waals surface area contributed by atoms with E-state index in [1.54, 1.807) is 0 Å². The van der Waals surface area contributed by atoms with Gasteiger partial charge >= 0.3 is 0 Å². The molecule has 0 heterocycles. The molecule has 1 N–H and O–H groups in total. The Kier molecular flexibility index (Phi) is 6.83. The first kappa shape index (κ1) is 17.7. The molecule has 2 unspecified atom stereocenters. The Hall–Kier alpha value is -1.63. The molecule has 3 nitrogen and oxygen atoms in total. The van der Waals surface area contributed by atoms with Crippen LogP contribution in [0.2, 0.25) is 0 Å². The van der Waals surface area contributed by atoms with Crippen molar-refractivity contribution in [3.05, 3.63) is 35.4 Å². The van der Waals surface area contributed by atoms with Crippen molar-refractivity contribution in [3.8, 4) is 11.8 Å². The van der Waals surface area contributed by atoms with E-state index in [9.17, 15) is 9.90 Å². The minimum Gasteiger partial charge on any atom is -0.388 e. The Labute approximate surface area is 139 Å². The van der Waals surface area contributed by atoms with Crippen LogP contribution in [-0.4, -0.2) is 35.4 Å². The number of hydrogen-bond donors (Lipinski definition) is 1. The lowest BCUT2D eigenvalue weighted by Gasteiger charge is -2.29. The van der Waals surface area contributed by atoms with E-state index in [-0.39, 0.29) is 11.7 Å². The number of carbonyl (C=O) groups is 1. The maximum Gasteiger partial charge on any atom is 0.145 e. The summed E-state index contributed by atoms with van der Waals surface area (Å²) in [7, 11) is 0. The predicted octanol–water partition coefficient (Wildman–Crippen LogP) is 2.98. The fraction of sp³-hybridized carbons (Fsp3) is 0.550. The average Bonchev–Trinajstić information content (AvgIpc) is 2.58. The van der Waals surface area contributed by atoms with Crippen LogP contribution in [0, 0.1) is 17.8 Å². The second-order valence-electron chi connectivity index (χ2n) is 6.18. The van der Waals surface area contributed by atoms with Crippen molar-refractivity contribution < 1.29 is 9.90 Å². The average molecular weight is 313 g/mol. The fourth-order valence-corrected chi connectivity index (χ4v) is 3.16. The first-order chi connectivity index (χ1) is 11.2. The third-order valence-electron chi connectivity index (χ3n) is 4.70. The molecule has 1 aromatic carbocycles. The topological polar surface area (TPSA) is 40.5 Å². The molecule has 0 spiro atoms. The summed E-state index contributed by atoms with van der Waals surface area (Å²) in [5.41, 5.74) is 2.20. The molecule has 0 aromatic heterocycles. The number of nitrogens with zero attached hydrogens (tertiary/aromatic N) is 1. The van der Waals surface area contributed by atoms with Crippen LogP contribution in [-0.2, 0) is 11.2 Å². The van der Waals surface area contributed by atoms with E-state index in [2.05, 4.69) is 36.7 Å². The van der Waals surface area contributed by atoms with Gasteiger partial charge in [-0.15, -0.1) is 0 Å². The summed E-state index contributed by atoms with van der Waals surface area (Å²) in [6.45, 7) is 6.90. The zero-order valence-electron chi connectivity index (χ0n) is 14.2. The summed E-state index contributed by atoms with van der Waals surface area (Å²) in [5, 5.41) is 10.5. The highest BCUT2D eigenvalue weighted by molar-refractivity contribution is 5.81. The highest BCUT2D eigenvalue weighted by Gasteiger charge is 2.28. The van der Waals surface area contributed by atoms with Gasteiger partial charge in [-0.05, 0) is 43.0 Å². The minimum absolute atomic E-state index is 0.0296. The van der Waals surface area contributed by atoms with Crippen LogP contribution < -0.4 is 0 Å². The molecule has 3 heteroatoms. The predicted molar refractivity (Wildman–Crippen MR) is 93.0 cm³/mol. The maximum absolute atomic E-state index is 12.1. The number of aryl methyl sites for hydroxylation is 1. The van der Waals surface area contributed by atoms with Crippen molar-refractivity contribution in [2.24, 2.45) is 5.92 Å². The molecule has 1 aliphatic carbocycles. The van der Waals surface area contributed by atoms with Gasteiger partial charge in [-0.2, -0.15) is 0 Å². The van der Waals surface area contributed by atoms with Gasteiger partial charge in [0, 0.05) is 6.42 Å². The quantitative estimate of drug-likeness (QED) is 0.821. The van der Waals surface area contributed by atoms with E-state index >= 15 is 0 Å². The molecule has 1 aliphatic rings. The number of Topliss-reactive ketones (excluding diaryl/α,β-unsaturated/α-hetero) is 1. The van der Waals surface area contributed by atoms with Crippen LogP contribution in [0.3, 0.4) is 0 Å². The molecule has 2 atom stereocenters. The molecule has 0 bridgehead atoms. The Balaban J connectivity index is 1.84. The van der Waals surface area contributed by atoms with E-state index in [4.69, 9.17) is 0 Å². The summed E-state index contributed by atoms with van der Waals surface area (Å²) < 4.78 is 0. The zero-order valence-corrected chi connectivity index (χ0v) is 14.2. The zero-order chi connectivity index (χ0) is 16.7. The summed E-state index contributed by atoms with van der Waals surface area (Å²) in [5.74, 6) is 6.23. The second-order valence-corrected chi connectivity index (χ2v) is 6.18. The molecule has 124 valence electrons. The number of ketones is 1. The summed E-state index contributed by atoms with van der Waals surface area (Å²) >= 11 is 0. The number of aliphatic hydroxyl groups excluding tert-OH is 1. The van der Waals surface area contributed by atoms with Gasteiger partial charge in [0.1, 0.15) is 5.78 Å². The molecular weight excluding hydrogens is 286 g/mol. The lowest BCUT2D eigenvalue weighted by atomic mass is 9.79. The first-order valence-electron chi connectivity index (χ1n) is 8.61. The van der Waals surface area contributed by atoms with Crippen molar-refractivity contribution in [1.82, 2.24) is 4.90 Å². The number of aliphatic hydroxyl groups is 1. The molecule has 23 heavy (non-hydrogen) atoms. The van der Waals surface area contributed by atoms with E-state index in [0.717, 1.165) is 38.0 Å². The molecule has 0 radical (unpaired) electrons. The van der Waals surface area contributed by atoms with Crippen molar-refractivity contribution in [1.29, 1.82) is 0 Å². The Bertz CT molecular complexity index is 581. The smallest absolute Gasteiger partial charge is 0.145 e. The Morgan fingerprint density at radius 2 is 2.00 bits per heavy atom. The van der Waals surface area contributed by atoms with Crippen molar-refractivity contribution >= 4 is 5.78 Å². The monoisotopic (exact) mass is 313 g/mol. The van der Waals surface area contributed by atoms with Crippen LogP contribution in [0.5, 0.6) is 0 Å². The SMILES string of the molecule is CCN(CC)CC#CCC(=O)CC1CCc2ccccc2C1O. The first-order valence-corrected chi connectivity index (χ1v) is 8.61. The second kappa shape index (κ2) is 8.86. The van der Waals surface area contributed by atoms with Crippen molar-refractivity contribution in [2.45, 2.75) is 45.6 Å². The van der Waals surface area contributed by atoms with Gasteiger partial charge in [-0.1, -0.05) is 50.0 Å². The lowest BCUT2D eigenvalue weighted by molar-refractivity contribution is -0.120. The highest BCUT2D eigenvalue weighted by atomic mass is 16.3. The Morgan fingerprint density at radius 1 is 1.26 bits per heavy atom.